The van der Waals surface area contributed by atoms with Crippen molar-refractivity contribution in [3.63, 3.8) is 0 Å². The largest absolute Gasteiger partial charge is 0.481 e. The predicted molar refractivity (Wildman–Crippen MR) is 46.5 cm³/mol. The molecule has 0 fully saturated rings. The van der Waals surface area contributed by atoms with Gasteiger partial charge >= 0.3 is 11.9 Å². The van der Waals surface area contributed by atoms with Gasteiger partial charge in [0, 0.05) is 6.54 Å². The van der Waals surface area contributed by atoms with Crippen molar-refractivity contribution in [3.8, 4) is 0 Å². The molecule has 0 aliphatic heterocycles. The zero-order valence-corrected chi connectivity index (χ0v) is 7.73. The van der Waals surface area contributed by atoms with Gasteiger partial charge in [-0.05, 0) is 6.92 Å². The van der Waals surface area contributed by atoms with Gasteiger partial charge in [-0.3, -0.25) is 14.9 Å². The molecule has 1 unspecified atom stereocenters. The SMILES string of the molecule is C[C@](N)(O)CNC(CC(=O)O)C(=O)O. The lowest BCUT2D eigenvalue weighted by molar-refractivity contribution is -0.146. The van der Waals surface area contributed by atoms with Crippen LogP contribution >= 0.6 is 0 Å². The van der Waals surface area contributed by atoms with Crippen molar-refractivity contribution in [2.45, 2.75) is 25.1 Å². The molecular formula is C7H14N2O5. The molecule has 0 aromatic carbocycles. The third-order valence-corrected chi connectivity index (χ3v) is 1.38. The van der Waals surface area contributed by atoms with E-state index in [0.29, 0.717) is 0 Å². The molecule has 14 heavy (non-hydrogen) atoms. The third-order valence-electron chi connectivity index (χ3n) is 1.38. The van der Waals surface area contributed by atoms with Crippen molar-refractivity contribution < 1.29 is 24.9 Å². The zero-order chi connectivity index (χ0) is 11.4. The van der Waals surface area contributed by atoms with E-state index in [9.17, 15) is 9.59 Å². The lowest BCUT2D eigenvalue weighted by Crippen LogP contribution is -2.51. The highest BCUT2D eigenvalue weighted by atomic mass is 16.4. The maximum Gasteiger partial charge on any atom is 0.321 e. The highest BCUT2D eigenvalue weighted by molar-refractivity contribution is 5.80. The number of nitrogens with one attached hydrogen (secondary N) is 1. The van der Waals surface area contributed by atoms with Crippen molar-refractivity contribution in [3.05, 3.63) is 0 Å². The summed E-state index contributed by atoms with van der Waals surface area (Å²) in [5, 5.41) is 28.3. The number of aliphatic carboxylic acids is 2. The summed E-state index contributed by atoms with van der Waals surface area (Å²) in [7, 11) is 0. The highest BCUT2D eigenvalue weighted by Crippen LogP contribution is 1.96. The van der Waals surface area contributed by atoms with Crippen LogP contribution in [0, 0.1) is 0 Å². The van der Waals surface area contributed by atoms with Gasteiger partial charge in [-0.2, -0.15) is 0 Å². The Morgan fingerprint density at radius 1 is 1.50 bits per heavy atom. The second-order valence-electron chi connectivity index (χ2n) is 3.23. The summed E-state index contributed by atoms with van der Waals surface area (Å²) in [6.45, 7) is 1.08. The first-order valence-electron chi connectivity index (χ1n) is 3.91. The average Bonchev–Trinajstić information content (AvgIpc) is 1.94. The molecule has 0 saturated heterocycles. The van der Waals surface area contributed by atoms with Crippen molar-refractivity contribution >= 4 is 11.9 Å². The number of carboxylic acid groups (broad SMARTS) is 2. The molecule has 0 bridgehead atoms. The molecule has 0 amide bonds. The molecule has 0 heterocycles. The van der Waals surface area contributed by atoms with E-state index < -0.39 is 30.1 Å². The molecule has 82 valence electrons. The van der Waals surface area contributed by atoms with Crippen LogP contribution in [0.2, 0.25) is 0 Å². The van der Waals surface area contributed by atoms with Gasteiger partial charge in [-0.15, -0.1) is 0 Å². The van der Waals surface area contributed by atoms with E-state index >= 15 is 0 Å². The summed E-state index contributed by atoms with van der Waals surface area (Å²) in [5.74, 6) is -2.53. The molecular weight excluding hydrogens is 192 g/mol. The van der Waals surface area contributed by atoms with E-state index in [2.05, 4.69) is 5.32 Å². The van der Waals surface area contributed by atoms with E-state index in [1.54, 1.807) is 0 Å². The normalized spacial score (nSPS) is 17.1. The van der Waals surface area contributed by atoms with Gasteiger partial charge in [0.2, 0.25) is 0 Å². The van der Waals surface area contributed by atoms with Crippen LogP contribution in [-0.2, 0) is 9.59 Å². The Balaban J connectivity index is 4.11. The molecule has 0 saturated carbocycles. The van der Waals surface area contributed by atoms with Gasteiger partial charge < -0.3 is 21.1 Å². The fraction of sp³-hybridized carbons (Fsp3) is 0.714. The van der Waals surface area contributed by atoms with E-state index in [1.165, 1.54) is 6.92 Å². The van der Waals surface area contributed by atoms with Crippen LogP contribution < -0.4 is 11.1 Å². The minimum atomic E-state index is -1.56. The quantitative estimate of drug-likeness (QED) is 0.323. The first-order valence-corrected chi connectivity index (χ1v) is 3.91. The van der Waals surface area contributed by atoms with Crippen molar-refractivity contribution in [1.82, 2.24) is 5.32 Å². The van der Waals surface area contributed by atoms with Crippen LogP contribution in [0.15, 0.2) is 0 Å². The molecule has 0 aromatic heterocycles. The molecule has 2 atom stereocenters. The lowest BCUT2D eigenvalue weighted by atomic mass is 10.2. The summed E-state index contributed by atoms with van der Waals surface area (Å²) in [5.41, 5.74) is 3.60. The predicted octanol–water partition coefficient (Wildman–Crippen LogP) is -1.83. The van der Waals surface area contributed by atoms with E-state index in [-0.39, 0.29) is 6.54 Å². The number of rotatable bonds is 6. The maximum atomic E-state index is 10.5. The van der Waals surface area contributed by atoms with Gasteiger partial charge in [-0.1, -0.05) is 0 Å². The van der Waals surface area contributed by atoms with Crippen LogP contribution in [0.4, 0.5) is 0 Å². The molecule has 7 heteroatoms. The summed E-state index contributed by atoms with van der Waals surface area (Å²) < 4.78 is 0. The fourth-order valence-electron chi connectivity index (χ4n) is 0.751. The molecule has 0 aliphatic rings. The molecule has 0 spiro atoms. The van der Waals surface area contributed by atoms with Gasteiger partial charge in [0.15, 0.2) is 0 Å². The topological polar surface area (TPSA) is 133 Å². The summed E-state index contributed by atoms with van der Waals surface area (Å²) >= 11 is 0. The van der Waals surface area contributed by atoms with Gasteiger partial charge in [0.05, 0.1) is 6.42 Å². The number of nitrogens with two attached hydrogens (primary N) is 1. The molecule has 0 rings (SSSR count). The molecule has 7 nitrogen and oxygen atoms in total. The average molecular weight is 206 g/mol. The minimum Gasteiger partial charge on any atom is -0.481 e. The van der Waals surface area contributed by atoms with E-state index in [4.69, 9.17) is 21.1 Å². The Bertz CT molecular complexity index is 223. The smallest absolute Gasteiger partial charge is 0.321 e. The molecule has 0 aromatic rings. The summed E-state index contributed by atoms with van der Waals surface area (Å²) in [4.78, 5) is 20.7. The lowest BCUT2D eigenvalue weighted by Gasteiger charge is -2.20. The van der Waals surface area contributed by atoms with E-state index in [0.717, 1.165) is 0 Å². The highest BCUT2D eigenvalue weighted by Gasteiger charge is 2.23. The zero-order valence-electron chi connectivity index (χ0n) is 7.73. The standard InChI is InChI=1S/C7H14N2O5/c1-7(8,14)3-9-4(6(12)13)2-5(10)11/h4,9,14H,2-3,8H2,1H3,(H,10,11)(H,12,13)/t4?,7-/m0/s1. The summed E-state index contributed by atoms with van der Waals surface area (Å²) in [6, 6.07) is -1.25. The third kappa shape index (κ3) is 6.35. The first-order chi connectivity index (χ1) is 6.22. The number of aliphatic hydroxyl groups is 1. The van der Waals surface area contributed by atoms with Crippen molar-refractivity contribution in [1.29, 1.82) is 0 Å². The van der Waals surface area contributed by atoms with Crippen molar-refractivity contribution in [2.24, 2.45) is 5.73 Å². The molecule has 6 N–H and O–H groups in total. The van der Waals surface area contributed by atoms with Crippen LogP contribution in [0.5, 0.6) is 0 Å². The Labute approximate surface area is 80.5 Å². The number of hydrogen-bond donors (Lipinski definition) is 5. The second kappa shape index (κ2) is 4.89. The van der Waals surface area contributed by atoms with Crippen LogP contribution in [-0.4, -0.2) is 45.6 Å². The minimum absolute atomic E-state index is 0.197. The molecule has 0 aliphatic carbocycles. The number of carbonyl (C=O) groups is 2. The van der Waals surface area contributed by atoms with Crippen LogP contribution in [0.1, 0.15) is 13.3 Å². The molecule has 0 radical (unpaired) electrons. The Hall–Kier alpha value is -1.18. The maximum absolute atomic E-state index is 10.5. The second-order valence-corrected chi connectivity index (χ2v) is 3.23. The van der Waals surface area contributed by atoms with Gasteiger partial charge in [0.1, 0.15) is 11.8 Å². The number of carboxylic acids is 2. The Kier molecular flexibility index (Phi) is 4.48. The van der Waals surface area contributed by atoms with Gasteiger partial charge in [0.25, 0.3) is 0 Å². The Morgan fingerprint density at radius 3 is 2.29 bits per heavy atom. The fourth-order valence-corrected chi connectivity index (χ4v) is 0.751. The first kappa shape index (κ1) is 12.8. The van der Waals surface area contributed by atoms with E-state index in [1.807, 2.05) is 0 Å². The van der Waals surface area contributed by atoms with Crippen LogP contribution in [0.3, 0.4) is 0 Å². The number of hydrogen-bond acceptors (Lipinski definition) is 5. The van der Waals surface area contributed by atoms with Gasteiger partial charge in [-0.25, -0.2) is 0 Å². The Morgan fingerprint density at radius 2 is 2.00 bits per heavy atom. The van der Waals surface area contributed by atoms with Crippen molar-refractivity contribution in [2.75, 3.05) is 6.54 Å². The van der Waals surface area contributed by atoms with Crippen LogP contribution in [0.25, 0.3) is 0 Å². The monoisotopic (exact) mass is 206 g/mol. The summed E-state index contributed by atoms with van der Waals surface area (Å²) in [6.07, 6.45) is -0.564.